The van der Waals surface area contributed by atoms with E-state index >= 15 is 0 Å². The third-order valence-electron chi connectivity index (χ3n) is 3.69. The van der Waals surface area contributed by atoms with Crippen LogP contribution in [-0.2, 0) is 4.79 Å². The van der Waals surface area contributed by atoms with Gasteiger partial charge < -0.3 is 16.0 Å². The summed E-state index contributed by atoms with van der Waals surface area (Å²) in [5, 5.41) is 3.25. The van der Waals surface area contributed by atoms with Crippen LogP contribution in [0.25, 0.3) is 0 Å². The number of amides is 1. The standard InChI is InChI=1S/C16H18N4O2S/c1-2-6-23-16-19-14-13(15(22)20-16)11(8-12(21)18-14)9-4-3-5-10(17)7-9/h3-5,7,11H,2,6,8,17H2,1H3,(H2,18,19,20,21,22). The topological polar surface area (TPSA) is 101 Å². The van der Waals surface area contributed by atoms with Crippen LogP contribution in [0.1, 0.15) is 36.8 Å². The van der Waals surface area contributed by atoms with Crippen molar-refractivity contribution in [3.63, 3.8) is 0 Å². The molecule has 0 fully saturated rings. The zero-order chi connectivity index (χ0) is 16.4. The van der Waals surface area contributed by atoms with Crippen LogP contribution in [0.4, 0.5) is 11.5 Å². The van der Waals surface area contributed by atoms with Crippen LogP contribution in [0.3, 0.4) is 0 Å². The second-order valence-electron chi connectivity index (χ2n) is 5.46. The molecule has 2 heterocycles. The zero-order valence-corrected chi connectivity index (χ0v) is 13.6. The first-order valence-corrected chi connectivity index (χ1v) is 8.49. The number of aromatic nitrogens is 2. The fraction of sp³-hybridized carbons (Fsp3) is 0.312. The number of nitrogens with zero attached hydrogens (tertiary/aromatic N) is 1. The van der Waals surface area contributed by atoms with Crippen LogP contribution in [-0.4, -0.2) is 21.6 Å². The first kappa shape index (κ1) is 15.6. The molecule has 1 aromatic carbocycles. The van der Waals surface area contributed by atoms with E-state index in [4.69, 9.17) is 5.73 Å². The van der Waals surface area contributed by atoms with Crippen molar-refractivity contribution >= 4 is 29.2 Å². The maximum Gasteiger partial charge on any atom is 0.257 e. The Morgan fingerprint density at radius 1 is 1.39 bits per heavy atom. The monoisotopic (exact) mass is 330 g/mol. The Balaban J connectivity index is 2.07. The molecule has 0 aliphatic carbocycles. The minimum absolute atomic E-state index is 0.144. The Kier molecular flexibility index (Phi) is 4.38. The van der Waals surface area contributed by atoms with Gasteiger partial charge in [0, 0.05) is 23.8 Å². The maximum absolute atomic E-state index is 12.5. The predicted molar refractivity (Wildman–Crippen MR) is 91.8 cm³/mol. The number of fused-ring (bicyclic) bond motifs is 1. The molecule has 1 aliphatic heterocycles. The number of rotatable bonds is 4. The van der Waals surface area contributed by atoms with Gasteiger partial charge in [0.25, 0.3) is 5.56 Å². The number of benzene rings is 1. The van der Waals surface area contributed by atoms with Crippen molar-refractivity contribution in [2.45, 2.75) is 30.8 Å². The molecule has 1 amide bonds. The molecule has 1 aliphatic rings. The second kappa shape index (κ2) is 6.45. The fourth-order valence-electron chi connectivity index (χ4n) is 2.68. The number of nitrogens with two attached hydrogens (primary N) is 1. The van der Waals surface area contributed by atoms with Gasteiger partial charge in [-0.05, 0) is 24.1 Å². The summed E-state index contributed by atoms with van der Waals surface area (Å²) in [6.07, 6.45) is 1.19. The van der Waals surface area contributed by atoms with Gasteiger partial charge in [-0.3, -0.25) is 9.59 Å². The normalized spacial score (nSPS) is 16.7. The van der Waals surface area contributed by atoms with Crippen molar-refractivity contribution in [1.29, 1.82) is 0 Å². The molecule has 1 atom stereocenters. The highest BCUT2D eigenvalue weighted by molar-refractivity contribution is 7.99. The molecule has 0 saturated carbocycles. The Hall–Kier alpha value is -2.28. The van der Waals surface area contributed by atoms with Gasteiger partial charge >= 0.3 is 0 Å². The summed E-state index contributed by atoms with van der Waals surface area (Å²) in [5.74, 6) is 0.739. The van der Waals surface area contributed by atoms with Crippen LogP contribution in [0.2, 0.25) is 0 Å². The quantitative estimate of drug-likeness (QED) is 0.454. The van der Waals surface area contributed by atoms with Crippen LogP contribution in [0.5, 0.6) is 0 Å². The molecule has 6 nitrogen and oxygen atoms in total. The van der Waals surface area contributed by atoms with Crippen molar-refractivity contribution in [3.05, 3.63) is 45.7 Å². The summed E-state index contributed by atoms with van der Waals surface area (Å²) in [6.45, 7) is 2.06. The minimum Gasteiger partial charge on any atom is -0.399 e. The third-order valence-corrected chi connectivity index (χ3v) is 4.76. The van der Waals surface area contributed by atoms with Crippen LogP contribution in [0, 0.1) is 0 Å². The van der Waals surface area contributed by atoms with Gasteiger partial charge in [0.15, 0.2) is 5.16 Å². The molecule has 23 heavy (non-hydrogen) atoms. The van der Waals surface area contributed by atoms with Crippen LogP contribution < -0.4 is 16.6 Å². The SMILES string of the molecule is CCCSc1nc2c(c(=O)[nH]1)C(c1cccc(N)c1)CC(=O)N2. The first-order chi connectivity index (χ1) is 11.1. The summed E-state index contributed by atoms with van der Waals surface area (Å²) in [6, 6.07) is 7.28. The average Bonchev–Trinajstić information content (AvgIpc) is 2.51. The van der Waals surface area contributed by atoms with E-state index in [1.807, 2.05) is 12.1 Å². The van der Waals surface area contributed by atoms with E-state index in [2.05, 4.69) is 22.2 Å². The van der Waals surface area contributed by atoms with Gasteiger partial charge in [-0.1, -0.05) is 30.8 Å². The van der Waals surface area contributed by atoms with E-state index in [1.54, 1.807) is 12.1 Å². The Morgan fingerprint density at radius 2 is 2.22 bits per heavy atom. The fourth-order valence-corrected chi connectivity index (χ4v) is 3.40. The highest BCUT2D eigenvalue weighted by atomic mass is 32.2. The molecular weight excluding hydrogens is 312 g/mol. The van der Waals surface area contributed by atoms with Crippen LogP contribution >= 0.6 is 11.8 Å². The van der Waals surface area contributed by atoms with Crippen molar-refractivity contribution in [1.82, 2.24) is 9.97 Å². The predicted octanol–water partition coefficient (Wildman–Crippen LogP) is 2.33. The van der Waals surface area contributed by atoms with E-state index in [1.165, 1.54) is 11.8 Å². The highest BCUT2D eigenvalue weighted by Gasteiger charge is 2.30. The first-order valence-electron chi connectivity index (χ1n) is 7.50. The van der Waals surface area contributed by atoms with Gasteiger partial charge in [0.1, 0.15) is 5.82 Å². The Morgan fingerprint density at radius 3 is 2.96 bits per heavy atom. The number of carbonyl (C=O) groups excluding carboxylic acids is 1. The summed E-state index contributed by atoms with van der Waals surface area (Å²) in [4.78, 5) is 31.8. The van der Waals surface area contributed by atoms with E-state index in [9.17, 15) is 9.59 Å². The molecular formula is C16H18N4O2S. The van der Waals surface area contributed by atoms with Crippen LogP contribution in [0.15, 0.2) is 34.2 Å². The summed E-state index contributed by atoms with van der Waals surface area (Å²) >= 11 is 1.47. The van der Waals surface area contributed by atoms with Crippen molar-refractivity contribution in [2.75, 3.05) is 16.8 Å². The summed E-state index contributed by atoms with van der Waals surface area (Å²) < 4.78 is 0. The molecule has 0 spiro atoms. The van der Waals surface area contributed by atoms with Crippen molar-refractivity contribution in [2.24, 2.45) is 0 Å². The highest BCUT2D eigenvalue weighted by Crippen LogP contribution is 2.34. The molecule has 1 aromatic heterocycles. The van der Waals surface area contributed by atoms with E-state index < -0.39 is 0 Å². The number of H-pyrrole nitrogens is 1. The molecule has 4 N–H and O–H groups in total. The number of anilines is 2. The largest absolute Gasteiger partial charge is 0.399 e. The molecule has 1 unspecified atom stereocenters. The van der Waals surface area contributed by atoms with E-state index in [0.717, 1.165) is 17.7 Å². The van der Waals surface area contributed by atoms with E-state index in [0.29, 0.717) is 22.2 Å². The Labute approximate surface area is 137 Å². The minimum atomic E-state index is -0.330. The molecule has 7 heteroatoms. The second-order valence-corrected chi connectivity index (χ2v) is 6.54. The molecule has 0 bridgehead atoms. The molecule has 0 saturated heterocycles. The number of nitrogen functional groups attached to an aromatic ring is 1. The van der Waals surface area contributed by atoms with Gasteiger partial charge in [0.2, 0.25) is 5.91 Å². The summed E-state index contributed by atoms with van der Waals surface area (Å²) in [5.41, 5.74) is 7.58. The molecule has 2 aromatic rings. The van der Waals surface area contributed by atoms with Crippen molar-refractivity contribution < 1.29 is 4.79 Å². The van der Waals surface area contributed by atoms with E-state index in [-0.39, 0.29) is 23.8 Å². The average molecular weight is 330 g/mol. The van der Waals surface area contributed by atoms with Gasteiger partial charge in [-0.2, -0.15) is 0 Å². The summed E-state index contributed by atoms with van der Waals surface area (Å²) in [7, 11) is 0. The third kappa shape index (κ3) is 3.24. The lowest BCUT2D eigenvalue weighted by Crippen LogP contribution is -2.31. The number of nitrogens with one attached hydrogen (secondary N) is 2. The molecule has 0 radical (unpaired) electrons. The van der Waals surface area contributed by atoms with Gasteiger partial charge in [-0.25, -0.2) is 4.98 Å². The lowest BCUT2D eigenvalue weighted by Gasteiger charge is -2.24. The number of carbonyl (C=O) groups is 1. The lowest BCUT2D eigenvalue weighted by atomic mass is 9.87. The number of hydrogen-bond donors (Lipinski definition) is 3. The molecule has 3 rings (SSSR count). The smallest absolute Gasteiger partial charge is 0.257 e. The number of thioether (sulfide) groups is 1. The maximum atomic E-state index is 12.5. The number of hydrogen-bond acceptors (Lipinski definition) is 5. The Bertz CT molecular complexity index is 803. The van der Waals surface area contributed by atoms with Crippen molar-refractivity contribution in [3.8, 4) is 0 Å². The zero-order valence-electron chi connectivity index (χ0n) is 12.8. The lowest BCUT2D eigenvalue weighted by molar-refractivity contribution is -0.116. The van der Waals surface area contributed by atoms with Gasteiger partial charge in [-0.15, -0.1) is 0 Å². The number of aromatic amines is 1. The van der Waals surface area contributed by atoms with Gasteiger partial charge in [0.05, 0.1) is 5.56 Å². The molecule has 120 valence electrons.